The Labute approximate surface area is 217 Å². The van der Waals surface area contributed by atoms with Crippen molar-refractivity contribution in [3.05, 3.63) is 93.3 Å². The number of phenols is 1. The van der Waals surface area contributed by atoms with Crippen molar-refractivity contribution in [2.45, 2.75) is 6.54 Å². The van der Waals surface area contributed by atoms with E-state index in [1.807, 2.05) is 18.2 Å². The third kappa shape index (κ3) is 4.26. The molecule has 9 heteroatoms. The zero-order valence-corrected chi connectivity index (χ0v) is 20.7. The van der Waals surface area contributed by atoms with Crippen LogP contribution in [0.25, 0.3) is 33.1 Å². The molecule has 5 aromatic rings. The van der Waals surface area contributed by atoms with Gasteiger partial charge in [0, 0.05) is 61.3 Å². The number of nitrogens with zero attached hydrogens (tertiary/aromatic N) is 3. The molecule has 0 atom stereocenters. The minimum Gasteiger partial charge on any atom is -0.507 e. The maximum atomic E-state index is 13.1. The van der Waals surface area contributed by atoms with E-state index < -0.39 is 11.3 Å². The number of hydrogen-bond donors (Lipinski definition) is 1. The molecule has 0 bridgehead atoms. The van der Waals surface area contributed by atoms with Crippen LogP contribution in [0.15, 0.2) is 85.3 Å². The maximum Gasteiger partial charge on any atom is 0.344 e. The Morgan fingerprint density at radius 3 is 2.53 bits per heavy atom. The first-order valence-electron chi connectivity index (χ1n) is 12.3. The van der Waals surface area contributed by atoms with Crippen molar-refractivity contribution in [1.82, 2.24) is 9.88 Å². The molecule has 9 nitrogen and oxygen atoms in total. The molecule has 192 valence electrons. The number of para-hydroxylation sites is 1. The number of aromatic nitrogens is 1. The van der Waals surface area contributed by atoms with Gasteiger partial charge in [-0.2, -0.15) is 0 Å². The summed E-state index contributed by atoms with van der Waals surface area (Å²) in [6.45, 7) is 3.42. The van der Waals surface area contributed by atoms with E-state index in [2.05, 4.69) is 14.8 Å². The van der Waals surface area contributed by atoms with Gasteiger partial charge in [0.25, 0.3) is 0 Å². The lowest BCUT2D eigenvalue weighted by Crippen LogP contribution is -2.46. The smallest absolute Gasteiger partial charge is 0.344 e. The van der Waals surface area contributed by atoms with Crippen molar-refractivity contribution in [2.24, 2.45) is 0 Å². The monoisotopic (exact) mass is 511 g/mol. The highest BCUT2D eigenvalue weighted by Crippen LogP contribution is 2.35. The minimum absolute atomic E-state index is 0.0280. The summed E-state index contributed by atoms with van der Waals surface area (Å²) in [5, 5.41) is 12.0. The van der Waals surface area contributed by atoms with Crippen LogP contribution in [0, 0.1) is 0 Å². The van der Waals surface area contributed by atoms with Gasteiger partial charge in [0.1, 0.15) is 17.2 Å². The summed E-state index contributed by atoms with van der Waals surface area (Å²) in [4.78, 5) is 34.6. The van der Waals surface area contributed by atoms with E-state index >= 15 is 0 Å². The molecule has 0 amide bonds. The number of hydrogen-bond acceptors (Lipinski definition) is 9. The second kappa shape index (κ2) is 9.68. The van der Waals surface area contributed by atoms with Crippen LogP contribution in [0.2, 0.25) is 0 Å². The molecule has 1 aliphatic rings. The van der Waals surface area contributed by atoms with Crippen LogP contribution in [-0.2, 0) is 6.54 Å². The third-order valence-electron chi connectivity index (χ3n) is 6.95. The Kier molecular flexibility index (Phi) is 6.05. The standard InChI is InChI=1S/C29H25N3O6/c1-36-24-6-4-5-18-15-21(29(35)38-27(18)24)20-16-26(34)37-28-19(20)8-9-23(33)22(28)17-31-11-13-32(14-12-31)25-7-2-3-10-30-25/h2-10,15-16,33H,11-14,17H2,1H3. The molecule has 1 aliphatic heterocycles. The summed E-state index contributed by atoms with van der Waals surface area (Å²) in [5.41, 5.74) is 0.474. The number of phenolic OH excluding ortho intramolecular Hbond substituents is 1. The van der Waals surface area contributed by atoms with Crippen molar-refractivity contribution < 1.29 is 18.7 Å². The van der Waals surface area contributed by atoms with Crippen molar-refractivity contribution in [3.8, 4) is 22.6 Å². The van der Waals surface area contributed by atoms with Crippen molar-refractivity contribution in [2.75, 3.05) is 38.2 Å². The molecular weight excluding hydrogens is 486 g/mol. The number of piperazine rings is 1. The van der Waals surface area contributed by atoms with Gasteiger partial charge in [0.2, 0.25) is 0 Å². The molecule has 0 unspecified atom stereocenters. The number of methoxy groups -OCH3 is 1. The molecule has 2 aromatic carbocycles. The number of ether oxygens (including phenoxy) is 1. The lowest BCUT2D eigenvalue weighted by molar-refractivity contribution is 0.246. The highest BCUT2D eigenvalue weighted by molar-refractivity contribution is 5.97. The van der Waals surface area contributed by atoms with Crippen LogP contribution in [0.3, 0.4) is 0 Å². The topological polar surface area (TPSA) is 109 Å². The fourth-order valence-corrected chi connectivity index (χ4v) is 5.01. The van der Waals surface area contributed by atoms with E-state index in [-0.39, 0.29) is 16.9 Å². The predicted molar refractivity (Wildman–Crippen MR) is 144 cm³/mol. The molecule has 4 heterocycles. The van der Waals surface area contributed by atoms with Crippen LogP contribution < -0.4 is 20.9 Å². The number of fused-ring (bicyclic) bond motifs is 2. The van der Waals surface area contributed by atoms with E-state index in [4.69, 9.17) is 13.6 Å². The Morgan fingerprint density at radius 2 is 1.76 bits per heavy atom. The second-order valence-corrected chi connectivity index (χ2v) is 9.20. The van der Waals surface area contributed by atoms with E-state index in [9.17, 15) is 14.7 Å². The Bertz CT molecular complexity index is 1750. The lowest BCUT2D eigenvalue weighted by Gasteiger charge is -2.35. The van der Waals surface area contributed by atoms with Crippen LogP contribution in [0.1, 0.15) is 5.56 Å². The third-order valence-corrected chi connectivity index (χ3v) is 6.95. The number of pyridine rings is 1. The van der Waals surface area contributed by atoms with Gasteiger partial charge in [-0.05, 0) is 36.4 Å². The van der Waals surface area contributed by atoms with E-state index in [0.29, 0.717) is 39.8 Å². The Balaban J connectivity index is 1.38. The summed E-state index contributed by atoms with van der Waals surface area (Å²) >= 11 is 0. The quantitative estimate of drug-likeness (QED) is 0.350. The van der Waals surface area contributed by atoms with Crippen molar-refractivity contribution in [3.63, 3.8) is 0 Å². The number of rotatable bonds is 5. The molecule has 0 spiro atoms. The summed E-state index contributed by atoms with van der Waals surface area (Å²) in [7, 11) is 1.50. The zero-order valence-electron chi connectivity index (χ0n) is 20.7. The first kappa shape index (κ1) is 23.7. The SMILES string of the molecule is COc1cccc2cc(-c3cc(=O)oc4c(CN5CCN(c6ccccn6)CC5)c(O)ccc34)c(=O)oc12. The summed E-state index contributed by atoms with van der Waals surface area (Å²) in [5.74, 6) is 1.40. The zero-order chi connectivity index (χ0) is 26.2. The molecular formula is C29H25N3O6. The fourth-order valence-electron chi connectivity index (χ4n) is 5.01. The van der Waals surface area contributed by atoms with Crippen LogP contribution in [-0.4, -0.2) is 48.3 Å². The largest absolute Gasteiger partial charge is 0.507 e. The predicted octanol–water partition coefficient (Wildman–Crippen LogP) is 4.00. The first-order valence-corrected chi connectivity index (χ1v) is 12.3. The van der Waals surface area contributed by atoms with Gasteiger partial charge in [-0.1, -0.05) is 18.2 Å². The highest BCUT2D eigenvalue weighted by Gasteiger charge is 2.23. The normalized spacial score (nSPS) is 14.3. The fraction of sp³-hybridized carbons (Fsp3) is 0.207. The minimum atomic E-state index is -0.621. The molecule has 0 saturated carbocycles. The molecule has 0 radical (unpaired) electrons. The summed E-state index contributed by atoms with van der Waals surface area (Å²) < 4.78 is 16.5. The van der Waals surface area contributed by atoms with Crippen LogP contribution >= 0.6 is 0 Å². The van der Waals surface area contributed by atoms with Crippen molar-refractivity contribution >= 4 is 27.8 Å². The molecule has 1 saturated heterocycles. The average molecular weight is 512 g/mol. The maximum absolute atomic E-state index is 13.1. The summed E-state index contributed by atoms with van der Waals surface area (Å²) in [6, 6.07) is 17.3. The Morgan fingerprint density at radius 1 is 0.921 bits per heavy atom. The van der Waals surface area contributed by atoms with Gasteiger partial charge in [-0.25, -0.2) is 14.6 Å². The molecule has 3 aromatic heterocycles. The molecule has 38 heavy (non-hydrogen) atoms. The van der Waals surface area contributed by atoms with Gasteiger partial charge in [-0.3, -0.25) is 4.90 Å². The average Bonchev–Trinajstić information content (AvgIpc) is 2.94. The first-order chi connectivity index (χ1) is 18.5. The number of aromatic hydroxyl groups is 1. The molecule has 6 rings (SSSR count). The molecule has 1 fully saturated rings. The molecule has 0 aliphatic carbocycles. The van der Waals surface area contributed by atoms with Gasteiger partial charge in [-0.15, -0.1) is 0 Å². The van der Waals surface area contributed by atoms with E-state index in [0.717, 1.165) is 32.0 Å². The molecule has 1 N–H and O–H groups in total. The van der Waals surface area contributed by atoms with Crippen LogP contribution in [0.4, 0.5) is 5.82 Å². The number of anilines is 1. The highest BCUT2D eigenvalue weighted by atomic mass is 16.5. The van der Waals surface area contributed by atoms with E-state index in [1.165, 1.54) is 13.2 Å². The van der Waals surface area contributed by atoms with Crippen molar-refractivity contribution in [1.29, 1.82) is 0 Å². The van der Waals surface area contributed by atoms with Gasteiger partial charge >= 0.3 is 11.3 Å². The van der Waals surface area contributed by atoms with Gasteiger partial charge in [0.15, 0.2) is 11.3 Å². The van der Waals surface area contributed by atoms with Gasteiger partial charge < -0.3 is 23.6 Å². The van der Waals surface area contributed by atoms with E-state index in [1.54, 1.807) is 42.6 Å². The lowest BCUT2D eigenvalue weighted by atomic mass is 9.99. The second-order valence-electron chi connectivity index (χ2n) is 9.20. The van der Waals surface area contributed by atoms with Gasteiger partial charge in [0.05, 0.1) is 18.2 Å². The Hall–Kier alpha value is -4.63. The number of benzene rings is 2. The van der Waals surface area contributed by atoms with Crippen LogP contribution in [0.5, 0.6) is 11.5 Å². The summed E-state index contributed by atoms with van der Waals surface area (Å²) in [6.07, 6.45) is 1.78.